The van der Waals surface area contributed by atoms with E-state index < -0.39 is 5.79 Å². The molecule has 100 valence electrons. The van der Waals surface area contributed by atoms with Crippen LogP contribution in [0, 0.1) is 11.8 Å². The molecule has 0 aromatic rings. The maximum Gasteiger partial charge on any atom is 0.162 e. The summed E-state index contributed by atoms with van der Waals surface area (Å²) >= 11 is 0. The fraction of sp³-hybridized carbons (Fsp3) is 1.00. The Bertz CT molecular complexity index is 245. The molecule has 2 aliphatic rings. The molecular formula is C14H27NO2. The first-order valence-electron chi connectivity index (χ1n) is 7.06. The highest BCUT2D eigenvalue weighted by Crippen LogP contribution is 2.34. The third-order valence-corrected chi connectivity index (χ3v) is 4.47. The third kappa shape index (κ3) is 3.21. The Kier molecular flexibility index (Phi) is 4.11. The zero-order valence-corrected chi connectivity index (χ0v) is 11.7. The van der Waals surface area contributed by atoms with Gasteiger partial charge < -0.3 is 14.8 Å². The summed E-state index contributed by atoms with van der Waals surface area (Å²) in [5, 5.41) is 3.72. The summed E-state index contributed by atoms with van der Waals surface area (Å²) in [4.78, 5) is 0. The minimum Gasteiger partial charge on any atom is -0.349 e. The Balaban J connectivity index is 1.79. The monoisotopic (exact) mass is 241 g/mol. The number of ether oxygens (including phenoxy) is 2. The Hall–Kier alpha value is -0.120. The van der Waals surface area contributed by atoms with Crippen LogP contribution in [0.4, 0.5) is 0 Å². The summed E-state index contributed by atoms with van der Waals surface area (Å²) in [6, 6.07) is 1.02. The Morgan fingerprint density at radius 3 is 2.35 bits per heavy atom. The molecule has 1 saturated carbocycles. The third-order valence-electron chi connectivity index (χ3n) is 4.47. The van der Waals surface area contributed by atoms with Gasteiger partial charge in [-0.2, -0.15) is 0 Å². The average molecular weight is 241 g/mol. The lowest BCUT2D eigenvalue weighted by molar-refractivity contribution is -0.253. The number of hydrogen-bond donors (Lipinski definition) is 1. The molecule has 2 rings (SSSR count). The fourth-order valence-corrected chi connectivity index (χ4v) is 3.15. The van der Waals surface area contributed by atoms with Crippen LogP contribution in [0.2, 0.25) is 0 Å². The van der Waals surface area contributed by atoms with E-state index in [0.29, 0.717) is 12.1 Å². The van der Waals surface area contributed by atoms with Crippen LogP contribution >= 0.6 is 0 Å². The second-order valence-corrected chi connectivity index (χ2v) is 6.10. The van der Waals surface area contributed by atoms with Crippen molar-refractivity contribution in [2.45, 2.75) is 64.8 Å². The summed E-state index contributed by atoms with van der Waals surface area (Å²) < 4.78 is 11.4. The minimum atomic E-state index is -0.397. The molecule has 1 aliphatic heterocycles. The van der Waals surface area contributed by atoms with Crippen LogP contribution < -0.4 is 5.32 Å². The molecule has 1 heterocycles. The second kappa shape index (κ2) is 5.25. The van der Waals surface area contributed by atoms with E-state index in [1.54, 1.807) is 0 Å². The summed E-state index contributed by atoms with van der Waals surface area (Å²) in [6.45, 7) is 10.2. The summed E-state index contributed by atoms with van der Waals surface area (Å²) in [5.74, 6) is 1.29. The largest absolute Gasteiger partial charge is 0.349 e. The van der Waals surface area contributed by atoms with Gasteiger partial charge in [0.05, 0.1) is 19.3 Å². The molecule has 0 aromatic carbocycles. The molecule has 0 spiro atoms. The van der Waals surface area contributed by atoms with Gasteiger partial charge in [0.2, 0.25) is 0 Å². The molecule has 3 nitrogen and oxygen atoms in total. The van der Waals surface area contributed by atoms with Crippen LogP contribution in [-0.4, -0.2) is 31.1 Å². The van der Waals surface area contributed by atoms with E-state index in [0.717, 1.165) is 25.0 Å². The normalized spacial score (nSPS) is 38.5. The van der Waals surface area contributed by atoms with Crippen molar-refractivity contribution in [2.75, 3.05) is 13.2 Å². The van der Waals surface area contributed by atoms with Crippen LogP contribution in [0.3, 0.4) is 0 Å². The predicted octanol–water partition coefficient (Wildman–Crippen LogP) is 2.55. The molecule has 0 aromatic heterocycles. The zero-order valence-electron chi connectivity index (χ0n) is 11.7. The lowest BCUT2D eigenvalue weighted by atomic mass is 9.93. The molecule has 2 fully saturated rings. The lowest BCUT2D eigenvalue weighted by Gasteiger charge is -2.37. The van der Waals surface area contributed by atoms with E-state index >= 15 is 0 Å². The van der Waals surface area contributed by atoms with Gasteiger partial charge in [-0.05, 0) is 38.5 Å². The van der Waals surface area contributed by atoms with Gasteiger partial charge in [0.15, 0.2) is 5.79 Å². The van der Waals surface area contributed by atoms with Gasteiger partial charge in [0.1, 0.15) is 0 Å². The first kappa shape index (κ1) is 13.3. The highest BCUT2D eigenvalue weighted by atomic mass is 16.7. The van der Waals surface area contributed by atoms with Gasteiger partial charge >= 0.3 is 0 Å². The van der Waals surface area contributed by atoms with E-state index in [4.69, 9.17) is 9.47 Å². The molecular weight excluding hydrogens is 214 g/mol. The maximum atomic E-state index is 5.69. The summed E-state index contributed by atoms with van der Waals surface area (Å²) in [6.07, 6.45) is 3.98. The van der Waals surface area contributed by atoms with Gasteiger partial charge in [0.25, 0.3) is 0 Å². The maximum absolute atomic E-state index is 5.69. The van der Waals surface area contributed by atoms with Crippen molar-refractivity contribution in [1.82, 2.24) is 5.32 Å². The summed E-state index contributed by atoms with van der Waals surface area (Å²) in [5.41, 5.74) is 0. The van der Waals surface area contributed by atoms with Crippen molar-refractivity contribution in [2.24, 2.45) is 11.8 Å². The topological polar surface area (TPSA) is 30.5 Å². The van der Waals surface area contributed by atoms with Gasteiger partial charge in [-0.1, -0.05) is 20.3 Å². The highest BCUT2D eigenvalue weighted by Gasteiger charge is 2.35. The van der Waals surface area contributed by atoms with E-state index in [2.05, 4.69) is 19.2 Å². The van der Waals surface area contributed by atoms with Crippen molar-refractivity contribution < 1.29 is 9.47 Å². The standard InChI is InChI=1S/C14H27NO2/c1-5-11-6-7-13(10(11)2)15-12-8-16-14(3,4)17-9-12/h10-13,15H,5-9H2,1-4H3. The van der Waals surface area contributed by atoms with Crippen molar-refractivity contribution >= 4 is 0 Å². The SMILES string of the molecule is CCC1CCC(NC2COC(C)(C)OC2)C1C. The van der Waals surface area contributed by atoms with Crippen LogP contribution in [0.25, 0.3) is 0 Å². The quantitative estimate of drug-likeness (QED) is 0.823. The highest BCUT2D eigenvalue weighted by molar-refractivity contribution is 4.89. The Labute approximate surface area is 105 Å². The van der Waals surface area contributed by atoms with Crippen LogP contribution in [0.1, 0.15) is 47.0 Å². The van der Waals surface area contributed by atoms with E-state index in [1.807, 2.05) is 13.8 Å². The molecule has 3 heteroatoms. The van der Waals surface area contributed by atoms with Crippen molar-refractivity contribution in [3.8, 4) is 0 Å². The minimum absolute atomic E-state index is 0.367. The van der Waals surface area contributed by atoms with E-state index in [9.17, 15) is 0 Å². The van der Waals surface area contributed by atoms with Crippen molar-refractivity contribution in [1.29, 1.82) is 0 Å². The van der Waals surface area contributed by atoms with Crippen molar-refractivity contribution in [3.63, 3.8) is 0 Å². The van der Waals surface area contributed by atoms with Crippen LogP contribution in [0.15, 0.2) is 0 Å². The smallest absolute Gasteiger partial charge is 0.162 e. The second-order valence-electron chi connectivity index (χ2n) is 6.10. The predicted molar refractivity (Wildman–Crippen MR) is 68.9 cm³/mol. The summed E-state index contributed by atoms with van der Waals surface area (Å²) in [7, 11) is 0. The molecule has 0 amide bonds. The van der Waals surface area contributed by atoms with Crippen molar-refractivity contribution in [3.05, 3.63) is 0 Å². The molecule has 3 atom stereocenters. The first-order valence-corrected chi connectivity index (χ1v) is 7.06. The van der Waals surface area contributed by atoms with E-state index in [1.165, 1.54) is 19.3 Å². The molecule has 0 bridgehead atoms. The average Bonchev–Trinajstić information content (AvgIpc) is 2.63. The number of nitrogens with one attached hydrogen (secondary N) is 1. The molecule has 17 heavy (non-hydrogen) atoms. The first-order chi connectivity index (χ1) is 8.02. The molecule has 0 radical (unpaired) electrons. The number of rotatable bonds is 3. The van der Waals surface area contributed by atoms with E-state index in [-0.39, 0.29) is 0 Å². The zero-order chi connectivity index (χ0) is 12.5. The lowest BCUT2D eigenvalue weighted by Crippen LogP contribution is -2.52. The van der Waals surface area contributed by atoms with Gasteiger partial charge in [-0.3, -0.25) is 0 Å². The van der Waals surface area contributed by atoms with Gasteiger partial charge in [-0.25, -0.2) is 0 Å². The van der Waals surface area contributed by atoms with Gasteiger partial charge in [-0.15, -0.1) is 0 Å². The Morgan fingerprint density at radius 1 is 1.18 bits per heavy atom. The number of hydrogen-bond acceptors (Lipinski definition) is 3. The van der Waals surface area contributed by atoms with Crippen LogP contribution in [-0.2, 0) is 9.47 Å². The Morgan fingerprint density at radius 2 is 1.82 bits per heavy atom. The van der Waals surface area contributed by atoms with Crippen LogP contribution in [0.5, 0.6) is 0 Å². The molecule has 1 saturated heterocycles. The fourth-order valence-electron chi connectivity index (χ4n) is 3.15. The molecule has 1 N–H and O–H groups in total. The molecule has 3 unspecified atom stereocenters. The van der Waals surface area contributed by atoms with Gasteiger partial charge in [0, 0.05) is 6.04 Å². The molecule has 1 aliphatic carbocycles.